The Balaban J connectivity index is 1.60. The summed E-state index contributed by atoms with van der Waals surface area (Å²) in [4.78, 5) is 31.3. The molecule has 0 aromatic heterocycles. The lowest BCUT2D eigenvalue weighted by atomic mass is 10.0. The number of amides is 2. The van der Waals surface area contributed by atoms with Gasteiger partial charge in [-0.05, 0) is 57.2 Å². The van der Waals surface area contributed by atoms with Crippen molar-refractivity contribution in [2.24, 2.45) is 0 Å². The van der Waals surface area contributed by atoms with Gasteiger partial charge in [-0.1, -0.05) is 26.0 Å². The monoisotopic (exact) mass is 401 g/mol. The standard InChI is InChI=1S/C23H35N3O3/c1-16(2)19-8-7-18-9-10-26(20(18)13-19)21(27)15-24-11-12-25(17(3)14-24)22(28)29-23(4,5)6/h7-8,13,16-17H,9-12,14-15H2,1-6H3. The van der Waals surface area contributed by atoms with Crippen LogP contribution in [-0.4, -0.2) is 66.2 Å². The second kappa shape index (κ2) is 8.34. The molecule has 1 saturated heterocycles. The van der Waals surface area contributed by atoms with E-state index in [1.807, 2.05) is 32.6 Å². The average molecular weight is 402 g/mol. The number of nitrogens with zero attached hydrogens (tertiary/aromatic N) is 3. The summed E-state index contributed by atoms with van der Waals surface area (Å²) < 4.78 is 5.51. The molecule has 0 spiro atoms. The summed E-state index contributed by atoms with van der Waals surface area (Å²) in [5, 5.41) is 0. The average Bonchev–Trinajstić information content (AvgIpc) is 3.03. The number of ether oxygens (including phenoxy) is 1. The molecule has 0 aliphatic carbocycles. The van der Waals surface area contributed by atoms with Crippen LogP contribution in [0.5, 0.6) is 0 Å². The van der Waals surface area contributed by atoms with Crippen molar-refractivity contribution in [2.45, 2.75) is 65.5 Å². The lowest BCUT2D eigenvalue weighted by Crippen LogP contribution is -2.56. The Hall–Kier alpha value is -2.08. The van der Waals surface area contributed by atoms with E-state index in [2.05, 4.69) is 36.9 Å². The van der Waals surface area contributed by atoms with E-state index < -0.39 is 5.60 Å². The first-order valence-electron chi connectivity index (χ1n) is 10.7. The Morgan fingerprint density at radius 2 is 1.90 bits per heavy atom. The Kier molecular flexibility index (Phi) is 6.22. The molecule has 1 aromatic rings. The van der Waals surface area contributed by atoms with Crippen molar-refractivity contribution in [3.05, 3.63) is 29.3 Å². The van der Waals surface area contributed by atoms with Gasteiger partial charge in [0, 0.05) is 37.9 Å². The fourth-order valence-electron chi connectivity index (χ4n) is 4.06. The van der Waals surface area contributed by atoms with Crippen LogP contribution in [0.15, 0.2) is 18.2 Å². The largest absolute Gasteiger partial charge is 0.444 e. The molecule has 1 unspecified atom stereocenters. The molecule has 1 atom stereocenters. The summed E-state index contributed by atoms with van der Waals surface area (Å²) in [6.07, 6.45) is 0.646. The van der Waals surface area contributed by atoms with E-state index in [0.717, 1.165) is 18.7 Å². The summed E-state index contributed by atoms with van der Waals surface area (Å²) >= 11 is 0. The molecule has 0 saturated carbocycles. The SMILES string of the molecule is CC(C)c1ccc2c(c1)N(C(=O)CN1CCN(C(=O)OC(C)(C)C)C(C)C1)CC2. The molecular formula is C23H35N3O3. The van der Waals surface area contributed by atoms with Gasteiger partial charge >= 0.3 is 6.09 Å². The molecule has 2 aliphatic rings. The number of anilines is 1. The molecule has 0 N–H and O–H groups in total. The summed E-state index contributed by atoms with van der Waals surface area (Å²) in [6, 6.07) is 6.53. The number of carbonyl (C=O) groups is 2. The number of carbonyl (C=O) groups excluding carboxylic acids is 2. The maximum absolute atomic E-state index is 13.0. The molecular weight excluding hydrogens is 366 g/mol. The molecule has 29 heavy (non-hydrogen) atoms. The molecule has 0 radical (unpaired) electrons. The van der Waals surface area contributed by atoms with Crippen molar-refractivity contribution in [1.29, 1.82) is 0 Å². The van der Waals surface area contributed by atoms with E-state index in [4.69, 9.17) is 4.74 Å². The van der Waals surface area contributed by atoms with Crippen molar-refractivity contribution in [3.63, 3.8) is 0 Å². The minimum absolute atomic E-state index is 0.0183. The van der Waals surface area contributed by atoms with Gasteiger partial charge in [-0.3, -0.25) is 9.69 Å². The Morgan fingerprint density at radius 3 is 2.52 bits per heavy atom. The highest BCUT2D eigenvalue weighted by Gasteiger charge is 2.33. The molecule has 6 nitrogen and oxygen atoms in total. The number of piperazine rings is 1. The zero-order valence-electron chi connectivity index (χ0n) is 18.7. The van der Waals surface area contributed by atoms with Gasteiger partial charge in [0.2, 0.25) is 5.91 Å². The van der Waals surface area contributed by atoms with Crippen LogP contribution in [0.1, 0.15) is 58.6 Å². The number of fused-ring (bicyclic) bond motifs is 1. The second-order valence-corrected chi connectivity index (χ2v) is 9.60. The van der Waals surface area contributed by atoms with Crippen LogP contribution in [-0.2, 0) is 16.0 Å². The molecule has 2 heterocycles. The quantitative estimate of drug-likeness (QED) is 0.776. The van der Waals surface area contributed by atoms with Gasteiger partial charge in [-0.2, -0.15) is 0 Å². The first-order valence-corrected chi connectivity index (χ1v) is 10.7. The number of hydrogen-bond donors (Lipinski definition) is 0. The summed E-state index contributed by atoms with van der Waals surface area (Å²) in [7, 11) is 0. The predicted molar refractivity (Wildman–Crippen MR) is 115 cm³/mol. The van der Waals surface area contributed by atoms with Crippen molar-refractivity contribution in [3.8, 4) is 0 Å². The Labute approximate surface area is 174 Å². The highest BCUT2D eigenvalue weighted by Crippen LogP contribution is 2.31. The van der Waals surface area contributed by atoms with Crippen LogP contribution in [0, 0.1) is 0 Å². The molecule has 3 rings (SSSR count). The third kappa shape index (κ3) is 5.10. The van der Waals surface area contributed by atoms with Crippen LogP contribution in [0.2, 0.25) is 0 Å². The van der Waals surface area contributed by atoms with E-state index >= 15 is 0 Å². The molecule has 2 amide bonds. The fourth-order valence-corrected chi connectivity index (χ4v) is 4.06. The van der Waals surface area contributed by atoms with E-state index in [9.17, 15) is 9.59 Å². The van der Waals surface area contributed by atoms with Gasteiger partial charge in [-0.25, -0.2) is 4.79 Å². The van der Waals surface area contributed by atoms with Crippen molar-refractivity contribution in [2.75, 3.05) is 37.6 Å². The lowest BCUT2D eigenvalue weighted by molar-refractivity contribution is -0.120. The molecule has 1 aromatic carbocycles. The van der Waals surface area contributed by atoms with Crippen LogP contribution in [0.3, 0.4) is 0 Å². The van der Waals surface area contributed by atoms with Crippen LogP contribution < -0.4 is 4.90 Å². The van der Waals surface area contributed by atoms with E-state index in [0.29, 0.717) is 32.1 Å². The van der Waals surface area contributed by atoms with Crippen LogP contribution in [0.4, 0.5) is 10.5 Å². The summed E-state index contributed by atoms with van der Waals surface area (Å²) in [6.45, 7) is 15.1. The Morgan fingerprint density at radius 1 is 1.17 bits per heavy atom. The van der Waals surface area contributed by atoms with Gasteiger partial charge in [0.05, 0.1) is 6.54 Å². The summed E-state index contributed by atoms with van der Waals surface area (Å²) in [5.74, 6) is 0.585. The second-order valence-electron chi connectivity index (χ2n) is 9.60. The van der Waals surface area contributed by atoms with E-state index in [1.165, 1.54) is 11.1 Å². The Bertz CT molecular complexity index is 769. The zero-order chi connectivity index (χ0) is 21.3. The topological polar surface area (TPSA) is 53.1 Å². The zero-order valence-corrected chi connectivity index (χ0v) is 18.7. The van der Waals surface area contributed by atoms with Gasteiger partial charge < -0.3 is 14.5 Å². The number of hydrogen-bond acceptors (Lipinski definition) is 4. The van der Waals surface area contributed by atoms with Gasteiger partial charge in [0.25, 0.3) is 0 Å². The number of rotatable bonds is 3. The third-order valence-corrected chi connectivity index (χ3v) is 5.67. The number of benzene rings is 1. The van der Waals surface area contributed by atoms with Crippen LogP contribution >= 0.6 is 0 Å². The van der Waals surface area contributed by atoms with Crippen molar-refractivity contribution < 1.29 is 14.3 Å². The molecule has 6 heteroatoms. The normalized spacial score (nSPS) is 20.2. The first-order chi connectivity index (χ1) is 13.5. The van der Waals surface area contributed by atoms with Gasteiger partial charge in [0.15, 0.2) is 0 Å². The highest BCUT2D eigenvalue weighted by atomic mass is 16.6. The molecule has 2 aliphatic heterocycles. The van der Waals surface area contributed by atoms with E-state index in [1.54, 1.807) is 4.90 Å². The van der Waals surface area contributed by atoms with Crippen molar-refractivity contribution in [1.82, 2.24) is 9.80 Å². The van der Waals surface area contributed by atoms with E-state index in [-0.39, 0.29) is 18.0 Å². The van der Waals surface area contributed by atoms with Gasteiger partial charge in [0.1, 0.15) is 5.60 Å². The molecule has 160 valence electrons. The first kappa shape index (κ1) is 21.6. The maximum Gasteiger partial charge on any atom is 0.410 e. The van der Waals surface area contributed by atoms with Gasteiger partial charge in [-0.15, -0.1) is 0 Å². The minimum Gasteiger partial charge on any atom is -0.444 e. The maximum atomic E-state index is 13.0. The smallest absolute Gasteiger partial charge is 0.410 e. The fraction of sp³-hybridized carbons (Fsp3) is 0.652. The van der Waals surface area contributed by atoms with Crippen LogP contribution in [0.25, 0.3) is 0 Å². The molecule has 1 fully saturated rings. The summed E-state index contributed by atoms with van der Waals surface area (Å²) in [5.41, 5.74) is 3.09. The third-order valence-electron chi connectivity index (χ3n) is 5.67. The molecule has 0 bridgehead atoms. The van der Waals surface area contributed by atoms with Crippen molar-refractivity contribution >= 4 is 17.7 Å². The predicted octanol–water partition coefficient (Wildman–Crippen LogP) is 3.64. The minimum atomic E-state index is -0.498. The lowest BCUT2D eigenvalue weighted by Gasteiger charge is -2.40. The highest BCUT2D eigenvalue weighted by molar-refractivity contribution is 5.97.